The number of hydrogen-bond donors (Lipinski definition) is 2. The summed E-state index contributed by atoms with van der Waals surface area (Å²) < 4.78 is 0. The second-order valence-electron chi connectivity index (χ2n) is 5.18. The third-order valence-corrected chi connectivity index (χ3v) is 4.13. The normalized spacial score (nSPS) is 17.1. The second-order valence-corrected chi connectivity index (χ2v) is 5.18. The summed E-state index contributed by atoms with van der Waals surface area (Å²) in [5, 5.41) is 0. The largest absolute Gasteiger partial charge is 0.399 e. The summed E-state index contributed by atoms with van der Waals surface area (Å²) in [5.74, 6) is 0. The van der Waals surface area contributed by atoms with Gasteiger partial charge in [0, 0.05) is 16.8 Å². The molecule has 1 saturated carbocycles. The fourth-order valence-electron chi connectivity index (χ4n) is 2.88. The Bertz CT molecular complexity index is 489. The van der Waals surface area contributed by atoms with E-state index >= 15 is 0 Å². The van der Waals surface area contributed by atoms with Crippen LogP contribution in [0, 0.1) is 0 Å². The molecule has 0 unspecified atom stereocenters. The Morgan fingerprint density at radius 3 is 1.33 bits per heavy atom. The molecule has 0 heterocycles. The standard InChI is InChI=1S/C16H18N2/c17-14-6-2-12(3-7-14)16(10-1-11-16)13-4-8-15(18)9-5-13/h2-9H,1,10-11,17-18H2. The van der Waals surface area contributed by atoms with E-state index in [1.54, 1.807) is 0 Å². The van der Waals surface area contributed by atoms with Crippen LogP contribution in [-0.4, -0.2) is 0 Å². The van der Waals surface area contributed by atoms with Gasteiger partial charge in [0.2, 0.25) is 0 Å². The van der Waals surface area contributed by atoms with Crippen LogP contribution in [0.15, 0.2) is 48.5 Å². The molecule has 0 aliphatic heterocycles. The molecule has 0 saturated heterocycles. The van der Waals surface area contributed by atoms with Crippen LogP contribution in [0.4, 0.5) is 11.4 Å². The van der Waals surface area contributed by atoms with Crippen LogP contribution in [0.3, 0.4) is 0 Å². The van der Waals surface area contributed by atoms with E-state index in [-0.39, 0.29) is 5.41 Å². The average Bonchev–Trinajstić information content (AvgIpc) is 2.32. The van der Waals surface area contributed by atoms with Gasteiger partial charge in [-0.05, 0) is 48.2 Å². The molecule has 92 valence electrons. The van der Waals surface area contributed by atoms with Gasteiger partial charge in [0.1, 0.15) is 0 Å². The maximum absolute atomic E-state index is 5.77. The predicted molar refractivity (Wildman–Crippen MR) is 76.3 cm³/mol. The first-order valence-electron chi connectivity index (χ1n) is 6.43. The highest BCUT2D eigenvalue weighted by molar-refractivity contribution is 5.49. The van der Waals surface area contributed by atoms with Crippen LogP contribution >= 0.6 is 0 Å². The van der Waals surface area contributed by atoms with Crippen LogP contribution in [-0.2, 0) is 5.41 Å². The van der Waals surface area contributed by atoms with Gasteiger partial charge in [-0.15, -0.1) is 0 Å². The van der Waals surface area contributed by atoms with Crippen LogP contribution in [0.5, 0.6) is 0 Å². The maximum atomic E-state index is 5.77. The zero-order valence-corrected chi connectivity index (χ0v) is 10.4. The van der Waals surface area contributed by atoms with E-state index in [1.165, 1.54) is 30.4 Å². The van der Waals surface area contributed by atoms with E-state index in [1.807, 2.05) is 24.3 Å². The first-order valence-corrected chi connectivity index (χ1v) is 6.43. The summed E-state index contributed by atoms with van der Waals surface area (Å²) in [6, 6.07) is 16.6. The second kappa shape index (κ2) is 4.05. The molecule has 2 aromatic rings. The van der Waals surface area contributed by atoms with Crippen molar-refractivity contribution in [3.05, 3.63) is 59.7 Å². The summed E-state index contributed by atoms with van der Waals surface area (Å²) >= 11 is 0. The SMILES string of the molecule is Nc1ccc(C2(c3ccc(N)cc3)CCC2)cc1. The third kappa shape index (κ3) is 1.65. The number of rotatable bonds is 2. The van der Waals surface area contributed by atoms with E-state index < -0.39 is 0 Å². The Balaban J connectivity index is 2.04. The maximum Gasteiger partial charge on any atom is 0.0314 e. The molecule has 18 heavy (non-hydrogen) atoms. The monoisotopic (exact) mass is 238 g/mol. The average molecular weight is 238 g/mol. The molecule has 1 aliphatic rings. The fraction of sp³-hybridized carbons (Fsp3) is 0.250. The van der Waals surface area contributed by atoms with Gasteiger partial charge in [0.25, 0.3) is 0 Å². The number of hydrogen-bond acceptors (Lipinski definition) is 2. The lowest BCUT2D eigenvalue weighted by molar-refractivity contribution is 0.301. The smallest absolute Gasteiger partial charge is 0.0314 e. The molecule has 2 nitrogen and oxygen atoms in total. The van der Waals surface area contributed by atoms with Crippen LogP contribution < -0.4 is 11.5 Å². The van der Waals surface area contributed by atoms with E-state index in [0.717, 1.165) is 11.4 Å². The lowest BCUT2D eigenvalue weighted by Crippen LogP contribution is -2.35. The number of benzene rings is 2. The quantitative estimate of drug-likeness (QED) is 0.788. The third-order valence-electron chi connectivity index (χ3n) is 4.13. The van der Waals surface area contributed by atoms with E-state index in [9.17, 15) is 0 Å². The summed E-state index contributed by atoms with van der Waals surface area (Å²) in [6.45, 7) is 0. The predicted octanol–water partition coefficient (Wildman–Crippen LogP) is 3.32. The minimum Gasteiger partial charge on any atom is -0.399 e. The summed E-state index contributed by atoms with van der Waals surface area (Å²) in [4.78, 5) is 0. The zero-order chi connectivity index (χ0) is 12.6. The first-order chi connectivity index (χ1) is 8.71. The van der Waals surface area contributed by atoms with E-state index in [2.05, 4.69) is 24.3 Å². The van der Waals surface area contributed by atoms with Gasteiger partial charge in [0.05, 0.1) is 0 Å². The number of nitrogens with two attached hydrogens (primary N) is 2. The molecule has 1 fully saturated rings. The van der Waals surface area contributed by atoms with Gasteiger partial charge in [0.15, 0.2) is 0 Å². The Morgan fingerprint density at radius 1 is 0.667 bits per heavy atom. The highest BCUT2D eigenvalue weighted by Gasteiger charge is 2.39. The number of nitrogen functional groups attached to an aromatic ring is 2. The summed E-state index contributed by atoms with van der Waals surface area (Å²) in [6.07, 6.45) is 3.70. The topological polar surface area (TPSA) is 52.0 Å². The molecule has 2 heteroatoms. The van der Waals surface area contributed by atoms with Crippen molar-refractivity contribution in [2.45, 2.75) is 24.7 Å². The summed E-state index contributed by atoms with van der Waals surface area (Å²) in [5.41, 5.74) is 16.1. The Labute approximate surface area is 108 Å². The fourth-order valence-corrected chi connectivity index (χ4v) is 2.88. The van der Waals surface area contributed by atoms with Gasteiger partial charge < -0.3 is 11.5 Å². The highest BCUT2D eigenvalue weighted by atomic mass is 14.6. The van der Waals surface area contributed by atoms with Crippen molar-refractivity contribution in [1.82, 2.24) is 0 Å². The van der Waals surface area contributed by atoms with Gasteiger partial charge >= 0.3 is 0 Å². The minimum absolute atomic E-state index is 0.182. The molecule has 4 N–H and O–H groups in total. The van der Waals surface area contributed by atoms with E-state index in [0.29, 0.717) is 0 Å². The highest BCUT2D eigenvalue weighted by Crippen LogP contribution is 2.49. The van der Waals surface area contributed by atoms with Crippen molar-refractivity contribution >= 4 is 11.4 Å². The molecule has 0 bridgehead atoms. The lowest BCUT2D eigenvalue weighted by atomic mass is 9.60. The molecule has 0 radical (unpaired) electrons. The van der Waals surface area contributed by atoms with Gasteiger partial charge in [-0.2, -0.15) is 0 Å². The molecule has 0 aromatic heterocycles. The van der Waals surface area contributed by atoms with Crippen molar-refractivity contribution in [1.29, 1.82) is 0 Å². The Hall–Kier alpha value is -1.96. The minimum atomic E-state index is 0.182. The molecule has 0 amide bonds. The van der Waals surface area contributed by atoms with Crippen molar-refractivity contribution in [2.24, 2.45) is 0 Å². The molecule has 3 rings (SSSR count). The molecule has 0 spiro atoms. The molecule has 2 aromatic carbocycles. The van der Waals surface area contributed by atoms with Gasteiger partial charge in [-0.3, -0.25) is 0 Å². The Morgan fingerprint density at radius 2 is 1.06 bits per heavy atom. The molecule has 1 aliphatic carbocycles. The van der Waals surface area contributed by atoms with Crippen molar-refractivity contribution in [3.8, 4) is 0 Å². The van der Waals surface area contributed by atoms with Crippen LogP contribution in [0.25, 0.3) is 0 Å². The van der Waals surface area contributed by atoms with Crippen LogP contribution in [0.1, 0.15) is 30.4 Å². The Kier molecular flexibility index (Phi) is 2.51. The zero-order valence-electron chi connectivity index (χ0n) is 10.4. The number of anilines is 2. The lowest BCUT2D eigenvalue weighted by Gasteiger charge is -2.43. The molecule has 0 atom stereocenters. The summed E-state index contributed by atoms with van der Waals surface area (Å²) in [7, 11) is 0. The molecular weight excluding hydrogens is 220 g/mol. The van der Waals surface area contributed by atoms with Crippen molar-refractivity contribution in [3.63, 3.8) is 0 Å². The van der Waals surface area contributed by atoms with Gasteiger partial charge in [-0.25, -0.2) is 0 Å². The van der Waals surface area contributed by atoms with Crippen molar-refractivity contribution in [2.75, 3.05) is 11.5 Å². The molecular formula is C16H18N2. The first kappa shape index (κ1) is 11.1. The van der Waals surface area contributed by atoms with Crippen LogP contribution in [0.2, 0.25) is 0 Å². The van der Waals surface area contributed by atoms with Gasteiger partial charge in [-0.1, -0.05) is 30.7 Å². The van der Waals surface area contributed by atoms with E-state index in [4.69, 9.17) is 11.5 Å². The van der Waals surface area contributed by atoms with Crippen molar-refractivity contribution < 1.29 is 0 Å².